The van der Waals surface area contributed by atoms with Crippen LogP contribution in [0.2, 0.25) is 0 Å². The Labute approximate surface area is 154 Å². The van der Waals surface area contributed by atoms with Gasteiger partial charge in [-0.05, 0) is 12.5 Å². The molecule has 28 heavy (non-hydrogen) atoms. The van der Waals surface area contributed by atoms with Gasteiger partial charge in [-0.25, -0.2) is 23.2 Å². The second kappa shape index (κ2) is 6.38. The molecule has 150 valence electrons. The molecule has 1 unspecified atom stereocenters. The van der Waals surface area contributed by atoms with Crippen LogP contribution in [0.25, 0.3) is 0 Å². The number of aromatic nitrogens is 4. The Kier molecular flexibility index (Phi) is 4.23. The van der Waals surface area contributed by atoms with Crippen molar-refractivity contribution in [2.24, 2.45) is 0 Å². The highest BCUT2D eigenvalue weighted by Gasteiger charge is 2.40. The van der Waals surface area contributed by atoms with E-state index in [0.29, 0.717) is 12.8 Å². The third-order valence-electron chi connectivity index (χ3n) is 4.89. The zero-order chi connectivity index (χ0) is 20.2. The number of amides is 1. The molecule has 4 heterocycles. The lowest BCUT2D eigenvalue weighted by Gasteiger charge is -2.36. The largest absolute Gasteiger partial charge is 0.436 e. The fourth-order valence-corrected chi connectivity index (χ4v) is 3.46. The van der Waals surface area contributed by atoms with Gasteiger partial charge in [-0.2, -0.15) is 18.3 Å². The topological polar surface area (TPSA) is 73.0 Å². The average Bonchev–Trinajstić information content (AvgIpc) is 3.13. The minimum absolute atomic E-state index is 0.0317. The molecule has 1 saturated heterocycles. The van der Waals surface area contributed by atoms with Crippen LogP contribution in [0.4, 0.5) is 22.0 Å². The number of nitrogens with zero attached hydrogens (tertiary/aromatic N) is 5. The summed E-state index contributed by atoms with van der Waals surface area (Å²) in [7, 11) is 0. The second-order valence-corrected chi connectivity index (χ2v) is 6.75. The Morgan fingerprint density at radius 1 is 1.29 bits per heavy atom. The zero-order valence-corrected chi connectivity index (χ0v) is 14.3. The lowest BCUT2D eigenvalue weighted by molar-refractivity contribution is -0.144. The second-order valence-electron chi connectivity index (χ2n) is 6.75. The third-order valence-corrected chi connectivity index (χ3v) is 4.89. The molecule has 7 nitrogen and oxygen atoms in total. The predicted octanol–water partition coefficient (Wildman–Crippen LogP) is 1.31. The maximum atomic E-state index is 14.2. The molecule has 0 spiro atoms. The Morgan fingerprint density at radius 2 is 2.00 bits per heavy atom. The molecule has 0 N–H and O–H groups in total. The van der Waals surface area contributed by atoms with Crippen molar-refractivity contribution >= 4 is 5.91 Å². The molecule has 1 fully saturated rings. The molecule has 0 saturated carbocycles. The van der Waals surface area contributed by atoms with Crippen LogP contribution in [0.5, 0.6) is 0 Å². The van der Waals surface area contributed by atoms with Crippen molar-refractivity contribution in [3.05, 3.63) is 45.6 Å². The number of likely N-dealkylation sites (tertiary alicyclic amines) is 1. The number of carbonyl (C=O) groups excluding carboxylic acids is 1. The standard InChI is InChI=1S/C16H14F5N5O2/c17-9-6-24(7-9)14(27)10-1-2-11-23-25(15(28)26(10)11)5-8-3-4-22-13(12(8)18)16(19,20)21/h3-4,9-10H,1-2,5-7H2. The molecule has 2 aromatic heterocycles. The van der Waals surface area contributed by atoms with Crippen LogP contribution in [0.3, 0.4) is 0 Å². The summed E-state index contributed by atoms with van der Waals surface area (Å²) in [5, 5.41) is 4.02. The molecule has 2 aliphatic rings. The zero-order valence-electron chi connectivity index (χ0n) is 14.3. The molecular formula is C16H14F5N5O2. The van der Waals surface area contributed by atoms with E-state index >= 15 is 0 Å². The number of hydrogen-bond donors (Lipinski definition) is 0. The smallest absolute Gasteiger partial charge is 0.335 e. The van der Waals surface area contributed by atoms with Gasteiger partial charge in [-0.3, -0.25) is 9.36 Å². The molecule has 2 aliphatic heterocycles. The van der Waals surface area contributed by atoms with Crippen molar-refractivity contribution in [3.63, 3.8) is 0 Å². The van der Waals surface area contributed by atoms with Crippen LogP contribution in [0, 0.1) is 5.82 Å². The molecule has 0 aliphatic carbocycles. The number of halogens is 5. The lowest BCUT2D eigenvalue weighted by Crippen LogP contribution is -2.54. The van der Waals surface area contributed by atoms with Gasteiger partial charge < -0.3 is 4.90 Å². The summed E-state index contributed by atoms with van der Waals surface area (Å²) >= 11 is 0. The summed E-state index contributed by atoms with van der Waals surface area (Å²) in [4.78, 5) is 29.4. The van der Waals surface area contributed by atoms with E-state index in [2.05, 4.69) is 10.1 Å². The van der Waals surface area contributed by atoms with E-state index in [1.165, 1.54) is 4.90 Å². The van der Waals surface area contributed by atoms with Gasteiger partial charge in [0.15, 0.2) is 11.5 Å². The summed E-state index contributed by atoms with van der Waals surface area (Å²) in [5.74, 6) is -1.69. The fourth-order valence-electron chi connectivity index (χ4n) is 3.46. The molecule has 0 aromatic carbocycles. The number of alkyl halides is 4. The number of rotatable bonds is 3. The number of aryl methyl sites for hydroxylation is 1. The van der Waals surface area contributed by atoms with E-state index in [9.17, 15) is 31.5 Å². The Balaban J connectivity index is 1.62. The van der Waals surface area contributed by atoms with E-state index in [-0.39, 0.29) is 18.9 Å². The average molecular weight is 403 g/mol. The SMILES string of the molecule is O=C(C1CCc2nn(Cc3ccnc(C(F)(F)F)c3F)c(=O)n21)N1CC(F)C1. The minimum Gasteiger partial charge on any atom is -0.335 e. The summed E-state index contributed by atoms with van der Waals surface area (Å²) in [6, 6.07) is 0.197. The molecule has 0 bridgehead atoms. The van der Waals surface area contributed by atoms with Crippen molar-refractivity contribution in [1.82, 2.24) is 24.2 Å². The van der Waals surface area contributed by atoms with Crippen LogP contribution < -0.4 is 5.69 Å². The molecular weight excluding hydrogens is 389 g/mol. The van der Waals surface area contributed by atoms with Crippen molar-refractivity contribution in [3.8, 4) is 0 Å². The van der Waals surface area contributed by atoms with Crippen molar-refractivity contribution in [1.29, 1.82) is 0 Å². The van der Waals surface area contributed by atoms with Gasteiger partial charge in [0.1, 0.15) is 18.0 Å². The molecule has 12 heteroatoms. The molecule has 4 rings (SSSR count). The monoisotopic (exact) mass is 403 g/mol. The Morgan fingerprint density at radius 3 is 2.64 bits per heavy atom. The van der Waals surface area contributed by atoms with E-state index in [4.69, 9.17) is 0 Å². The van der Waals surface area contributed by atoms with Crippen LogP contribution in [-0.2, 0) is 23.9 Å². The first kappa shape index (κ1) is 18.6. The highest BCUT2D eigenvalue weighted by atomic mass is 19.4. The summed E-state index contributed by atoms with van der Waals surface area (Å²) in [6.07, 6.45) is -4.62. The lowest BCUT2D eigenvalue weighted by atomic mass is 10.1. The van der Waals surface area contributed by atoms with Gasteiger partial charge in [-0.1, -0.05) is 0 Å². The first-order valence-corrected chi connectivity index (χ1v) is 8.48. The van der Waals surface area contributed by atoms with Gasteiger partial charge in [0.05, 0.1) is 19.6 Å². The minimum atomic E-state index is -4.97. The maximum absolute atomic E-state index is 14.2. The van der Waals surface area contributed by atoms with Gasteiger partial charge in [-0.15, -0.1) is 0 Å². The van der Waals surface area contributed by atoms with Crippen LogP contribution in [0.15, 0.2) is 17.1 Å². The van der Waals surface area contributed by atoms with Crippen LogP contribution >= 0.6 is 0 Å². The van der Waals surface area contributed by atoms with Gasteiger partial charge >= 0.3 is 11.9 Å². The van der Waals surface area contributed by atoms with E-state index in [1.807, 2.05) is 0 Å². The first-order valence-electron chi connectivity index (χ1n) is 8.48. The van der Waals surface area contributed by atoms with E-state index in [0.717, 1.165) is 21.5 Å². The van der Waals surface area contributed by atoms with Crippen molar-refractivity contribution < 1.29 is 26.7 Å². The fraction of sp³-hybridized carbons (Fsp3) is 0.500. The van der Waals surface area contributed by atoms with Gasteiger partial charge in [0.25, 0.3) is 0 Å². The number of carbonyl (C=O) groups is 1. The first-order chi connectivity index (χ1) is 13.2. The normalized spacial score (nSPS) is 19.6. The summed E-state index contributed by atoms with van der Waals surface area (Å²) < 4.78 is 67.5. The van der Waals surface area contributed by atoms with E-state index in [1.54, 1.807) is 0 Å². The highest BCUT2D eigenvalue weighted by molar-refractivity contribution is 5.81. The van der Waals surface area contributed by atoms with Crippen LogP contribution in [0.1, 0.15) is 29.5 Å². The molecule has 2 aromatic rings. The molecule has 1 atom stereocenters. The summed E-state index contributed by atoms with van der Waals surface area (Å²) in [6.45, 7) is -0.598. The molecule has 1 amide bonds. The van der Waals surface area contributed by atoms with Crippen molar-refractivity contribution in [2.75, 3.05) is 13.1 Å². The Hall–Kier alpha value is -2.79. The van der Waals surface area contributed by atoms with Gasteiger partial charge in [0.2, 0.25) is 5.91 Å². The number of hydrogen-bond acceptors (Lipinski definition) is 4. The van der Waals surface area contributed by atoms with Crippen LogP contribution in [-0.4, -0.2) is 49.4 Å². The number of fused-ring (bicyclic) bond motifs is 1. The quantitative estimate of drug-likeness (QED) is 0.725. The van der Waals surface area contributed by atoms with Gasteiger partial charge in [0, 0.05) is 18.2 Å². The predicted molar refractivity (Wildman–Crippen MR) is 83.6 cm³/mol. The Bertz CT molecular complexity index is 992. The molecule has 0 radical (unpaired) electrons. The number of pyridine rings is 1. The van der Waals surface area contributed by atoms with Crippen molar-refractivity contribution in [2.45, 2.75) is 37.8 Å². The van der Waals surface area contributed by atoms with E-state index < -0.39 is 53.6 Å². The maximum Gasteiger partial charge on any atom is 0.436 e. The summed E-state index contributed by atoms with van der Waals surface area (Å²) in [5.41, 5.74) is -2.79. The third kappa shape index (κ3) is 2.96. The highest BCUT2D eigenvalue weighted by Crippen LogP contribution is 2.31.